The van der Waals surface area contributed by atoms with Gasteiger partial charge in [-0.25, -0.2) is 0 Å². The molecule has 1 heterocycles. The molecule has 1 aliphatic heterocycles. The minimum absolute atomic E-state index is 0.547. The Balaban J connectivity index is 1.75. The standard InChI is InChI=1S/C20H30BNO2/c1-2-3-11-20(21,19(23)24)12-15-22-13-9-18(10-14-22)16-17-7-5-4-6-8-17/h4-8,18H,2-3,9-16H2,1H3,(H,23,24). The number of carbonyl (C=O) groups is 1. The molecule has 130 valence electrons. The average molecular weight is 327 g/mol. The molecule has 2 rings (SSSR count). The maximum absolute atomic E-state index is 11.5. The van der Waals surface area contributed by atoms with Crippen molar-refractivity contribution >= 4 is 13.8 Å². The van der Waals surface area contributed by atoms with E-state index in [4.69, 9.17) is 7.85 Å². The van der Waals surface area contributed by atoms with Crippen LogP contribution in [0.2, 0.25) is 5.31 Å². The van der Waals surface area contributed by atoms with Crippen LogP contribution in [0, 0.1) is 5.92 Å². The van der Waals surface area contributed by atoms with E-state index in [2.05, 4.69) is 42.2 Å². The van der Waals surface area contributed by atoms with E-state index in [0.717, 1.165) is 44.8 Å². The van der Waals surface area contributed by atoms with Crippen LogP contribution in [0.1, 0.15) is 51.0 Å². The fourth-order valence-electron chi connectivity index (χ4n) is 3.55. The van der Waals surface area contributed by atoms with Gasteiger partial charge in [-0.15, -0.1) is 0 Å². The Morgan fingerprint density at radius 2 is 1.92 bits per heavy atom. The molecule has 0 aromatic heterocycles. The van der Waals surface area contributed by atoms with Crippen LogP contribution in [0.4, 0.5) is 0 Å². The lowest BCUT2D eigenvalue weighted by Crippen LogP contribution is -2.37. The highest BCUT2D eigenvalue weighted by Crippen LogP contribution is 2.34. The number of hydrogen-bond donors (Lipinski definition) is 1. The van der Waals surface area contributed by atoms with Crippen LogP contribution < -0.4 is 0 Å². The van der Waals surface area contributed by atoms with Gasteiger partial charge in [0.1, 0.15) is 0 Å². The molecule has 2 radical (unpaired) electrons. The number of likely N-dealkylation sites (tertiary alicyclic amines) is 1. The van der Waals surface area contributed by atoms with Crippen LogP contribution in [0.5, 0.6) is 0 Å². The number of carboxylic acids is 1. The molecular weight excluding hydrogens is 297 g/mol. The average Bonchev–Trinajstić information content (AvgIpc) is 2.60. The molecule has 24 heavy (non-hydrogen) atoms. The summed E-state index contributed by atoms with van der Waals surface area (Å²) in [4.78, 5) is 13.9. The van der Waals surface area contributed by atoms with Crippen molar-refractivity contribution in [2.45, 2.75) is 57.2 Å². The number of nitrogens with zero attached hydrogens (tertiary/aromatic N) is 1. The van der Waals surface area contributed by atoms with Crippen molar-refractivity contribution < 1.29 is 9.90 Å². The van der Waals surface area contributed by atoms with Gasteiger partial charge in [-0.3, -0.25) is 4.79 Å². The predicted octanol–water partition coefficient (Wildman–Crippen LogP) is 3.93. The topological polar surface area (TPSA) is 40.5 Å². The van der Waals surface area contributed by atoms with E-state index >= 15 is 0 Å². The van der Waals surface area contributed by atoms with Gasteiger partial charge in [-0.2, -0.15) is 0 Å². The predicted molar refractivity (Wildman–Crippen MR) is 99.5 cm³/mol. The Hall–Kier alpha value is -1.29. The van der Waals surface area contributed by atoms with Gasteiger partial charge in [0.25, 0.3) is 0 Å². The van der Waals surface area contributed by atoms with Crippen LogP contribution in [-0.2, 0) is 11.2 Å². The van der Waals surface area contributed by atoms with Gasteiger partial charge in [0.2, 0.25) is 0 Å². The lowest BCUT2D eigenvalue weighted by Gasteiger charge is -2.34. The van der Waals surface area contributed by atoms with E-state index in [-0.39, 0.29) is 0 Å². The first-order chi connectivity index (χ1) is 11.5. The van der Waals surface area contributed by atoms with Gasteiger partial charge >= 0.3 is 5.97 Å². The van der Waals surface area contributed by atoms with Crippen LogP contribution in [-0.4, -0.2) is 43.5 Å². The summed E-state index contributed by atoms with van der Waals surface area (Å²) in [5.74, 6) is -0.110. The van der Waals surface area contributed by atoms with Crippen molar-refractivity contribution in [2.24, 2.45) is 5.92 Å². The SMILES string of the molecule is [B]C(CCCC)(CCN1CCC(Cc2ccccc2)CC1)C(=O)O. The second-order valence-corrected chi connectivity index (χ2v) is 7.29. The van der Waals surface area contributed by atoms with E-state index in [1.165, 1.54) is 18.4 Å². The highest BCUT2D eigenvalue weighted by atomic mass is 16.4. The zero-order chi connectivity index (χ0) is 17.4. The third-order valence-corrected chi connectivity index (χ3v) is 5.35. The van der Waals surface area contributed by atoms with Gasteiger partial charge in [0.05, 0.1) is 7.85 Å². The molecule has 0 bridgehead atoms. The largest absolute Gasteiger partial charge is 0.481 e. The summed E-state index contributed by atoms with van der Waals surface area (Å²) < 4.78 is 0. The summed E-state index contributed by atoms with van der Waals surface area (Å²) in [6.07, 6.45) is 6.51. The van der Waals surface area contributed by atoms with Gasteiger partial charge in [-0.1, -0.05) is 50.1 Å². The van der Waals surface area contributed by atoms with Crippen molar-refractivity contribution in [3.63, 3.8) is 0 Å². The number of unbranched alkanes of at least 4 members (excludes halogenated alkanes) is 1. The first kappa shape index (κ1) is 19.0. The maximum Gasteiger partial charge on any atom is 0.300 e. The smallest absolute Gasteiger partial charge is 0.300 e. The Kier molecular flexibility index (Phi) is 7.35. The first-order valence-corrected chi connectivity index (χ1v) is 9.32. The second kappa shape index (κ2) is 9.26. The molecule has 0 amide bonds. The Labute approximate surface area is 147 Å². The fourth-order valence-corrected chi connectivity index (χ4v) is 3.55. The third-order valence-electron chi connectivity index (χ3n) is 5.35. The van der Waals surface area contributed by atoms with E-state index in [9.17, 15) is 9.90 Å². The minimum atomic E-state index is -1.06. The number of rotatable bonds is 9. The van der Waals surface area contributed by atoms with Crippen LogP contribution in [0.3, 0.4) is 0 Å². The van der Waals surface area contributed by atoms with Crippen molar-refractivity contribution in [3.05, 3.63) is 35.9 Å². The summed E-state index contributed by atoms with van der Waals surface area (Å²) in [6, 6.07) is 10.7. The number of benzene rings is 1. The Morgan fingerprint density at radius 3 is 2.50 bits per heavy atom. The van der Waals surface area contributed by atoms with Gasteiger partial charge < -0.3 is 10.0 Å². The molecule has 1 atom stereocenters. The molecule has 1 aromatic carbocycles. The second-order valence-electron chi connectivity index (χ2n) is 7.29. The molecule has 1 saturated heterocycles. The van der Waals surface area contributed by atoms with Crippen molar-refractivity contribution in [1.82, 2.24) is 4.90 Å². The van der Waals surface area contributed by atoms with Gasteiger partial charge in [0.15, 0.2) is 0 Å². The summed E-state index contributed by atoms with van der Waals surface area (Å²) in [7, 11) is 6.15. The number of carboxylic acid groups (broad SMARTS) is 1. The Morgan fingerprint density at radius 1 is 1.25 bits per heavy atom. The van der Waals surface area contributed by atoms with E-state index in [1.807, 2.05) is 0 Å². The lowest BCUT2D eigenvalue weighted by molar-refractivity contribution is -0.141. The minimum Gasteiger partial charge on any atom is -0.481 e. The molecule has 1 fully saturated rings. The zero-order valence-electron chi connectivity index (χ0n) is 14.9. The van der Waals surface area contributed by atoms with Crippen LogP contribution >= 0.6 is 0 Å². The number of hydrogen-bond acceptors (Lipinski definition) is 2. The summed E-state index contributed by atoms with van der Waals surface area (Å²) >= 11 is 0. The first-order valence-electron chi connectivity index (χ1n) is 9.32. The molecule has 3 nitrogen and oxygen atoms in total. The third kappa shape index (κ3) is 5.66. The van der Waals surface area contributed by atoms with Gasteiger partial charge in [-0.05, 0) is 63.2 Å². The van der Waals surface area contributed by atoms with E-state index < -0.39 is 11.3 Å². The van der Waals surface area contributed by atoms with Crippen molar-refractivity contribution in [2.75, 3.05) is 19.6 Å². The molecule has 1 aliphatic rings. The van der Waals surface area contributed by atoms with Gasteiger partial charge in [0, 0.05) is 5.31 Å². The quantitative estimate of drug-likeness (QED) is 0.699. The summed E-state index contributed by atoms with van der Waals surface area (Å²) in [5, 5.41) is 8.39. The highest BCUT2D eigenvalue weighted by Gasteiger charge is 2.32. The summed E-state index contributed by atoms with van der Waals surface area (Å²) in [6.45, 7) is 4.98. The van der Waals surface area contributed by atoms with E-state index in [1.54, 1.807) is 0 Å². The molecule has 1 unspecified atom stereocenters. The zero-order valence-corrected chi connectivity index (χ0v) is 14.9. The molecule has 0 aliphatic carbocycles. The van der Waals surface area contributed by atoms with Crippen molar-refractivity contribution in [1.29, 1.82) is 0 Å². The molecule has 1 N–H and O–H groups in total. The monoisotopic (exact) mass is 327 g/mol. The van der Waals surface area contributed by atoms with Crippen LogP contribution in [0.25, 0.3) is 0 Å². The van der Waals surface area contributed by atoms with Crippen molar-refractivity contribution in [3.8, 4) is 0 Å². The Bertz CT molecular complexity index is 500. The maximum atomic E-state index is 11.5. The molecule has 0 saturated carbocycles. The molecular formula is C20H30BNO2. The molecule has 1 aromatic rings. The van der Waals surface area contributed by atoms with E-state index in [0.29, 0.717) is 12.8 Å². The highest BCUT2D eigenvalue weighted by molar-refractivity contribution is 6.26. The normalized spacial score (nSPS) is 19.0. The number of piperidine rings is 1. The number of aliphatic carboxylic acids is 1. The summed E-state index contributed by atoms with van der Waals surface area (Å²) in [5.41, 5.74) is 1.42. The van der Waals surface area contributed by atoms with Crippen LogP contribution in [0.15, 0.2) is 30.3 Å². The molecule has 4 heteroatoms. The fraction of sp³-hybridized carbons (Fsp3) is 0.650. The molecule has 0 spiro atoms. The lowest BCUT2D eigenvalue weighted by atomic mass is 9.63.